The van der Waals surface area contributed by atoms with Gasteiger partial charge in [-0.3, -0.25) is 13.9 Å². The zero-order valence-corrected chi connectivity index (χ0v) is 25.4. The Bertz CT molecular complexity index is 1390. The third-order valence-corrected chi connectivity index (χ3v) is 8.65. The minimum Gasteiger partial charge on any atom is -0.354 e. The molecule has 0 aliphatic carbocycles. The number of carbonyl (C=O) groups excluding carboxylic acids is 2. The van der Waals surface area contributed by atoms with Crippen LogP contribution in [0, 0.1) is 19.8 Å². The van der Waals surface area contributed by atoms with Crippen molar-refractivity contribution in [1.29, 1.82) is 0 Å². The van der Waals surface area contributed by atoms with Crippen LogP contribution in [0.3, 0.4) is 0 Å². The Morgan fingerprint density at radius 1 is 0.923 bits per heavy atom. The minimum atomic E-state index is -4.08. The summed E-state index contributed by atoms with van der Waals surface area (Å²) >= 11 is 3.42. The van der Waals surface area contributed by atoms with Crippen LogP contribution in [0.5, 0.6) is 0 Å². The van der Waals surface area contributed by atoms with Crippen LogP contribution >= 0.6 is 15.9 Å². The maximum atomic E-state index is 14.0. The molecule has 0 radical (unpaired) electrons. The van der Waals surface area contributed by atoms with Crippen molar-refractivity contribution in [2.45, 2.75) is 52.1 Å². The van der Waals surface area contributed by atoms with Gasteiger partial charge in [0.25, 0.3) is 10.0 Å². The van der Waals surface area contributed by atoms with E-state index in [1.165, 1.54) is 17.0 Å². The summed E-state index contributed by atoms with van der Waals surface area (Å²) in [6, 6.07) is 20.1. The van der Waals surface area contributed by atoms with Crippen LogP contribution in [0.15, 0.2) is 82.2 Å². The van der Waals surface area contributed by atoms with Gasteiger partial charge in [-0.2, -0.15) is 0 Å². The molecule has 0 saturated carbocycles. The second-order valence-corrected chi connectivity index (χ2v) is 12.9. The number of amides is 2. The lowest BCUT2D eigenvalue weighted by molar-refractivity contribution is -0.139. The van der Waals surface area contributed by atoms with Crippen molar-refractivity contribution < 1.29 is 18.0 Å². The van der Waals surface area contributed by atoms with Crippen LogP contribution in [0.1, 0.15) is 37.5 Å². The van der Waals surface area contributed by atoms with Gasteiger partial charge in [-0.1, -0.05) is 77.8 Å². The van der Waals surface area contributed by atoms with E-state index < -0.39 is 28.5 Å². The molecule has 1 N–H and O–H groups in total. The quantitative estimate of drug-likeness (QED) is 0.311. The molecule has 0 aromatic heterocycles. The molecule has 0 aliphatic heterocycles. The predicted molar refractivity (Wildman–Crippen MR) is 159 cm³/mol. The summed E-state index contributed by atoms with van der Waals surface area (Å²) in [6.45, 7) is 9.56. The van der Waals surface area contributed by atoms with Gasteiger partial charge in [0, 0.05) is 17.6 Å². The fraction of sp³-hybridized carbons (Fsp3) is 0.333. The number of hydrogen-bond donors (Lipinski definition) is 1. The molecular weight excluding hydrogens is 578 g/mol. The topological polar surface area (TPSA) is 86.8 Å². The van der Waals surface area contributed by atoms with Gasteiger partial charge in [0.15, 0.2) is 0 Å². The van der Waals surface area contributed by atoms with Gasteiger partial charge in [-0.15, -0.1) is 0 Å². The lowest BCUT2D eigenvalue weighted by atomic mass is 10.1. The fourth-order valence-electron chi connectivity index (χ4n) is 4.14. The van der Waals surface area contributed by atoms with Gasteiger partial charge >= 0.3 is 0 Å². The van der Waals surface area contributed by atoms with E-state index in [4.69, 9.17) is 0 Å². The van der Waals surface area contributed by atoms with Gasteiger partial charge in [0.05, 0.1) is 10.6 Å². The molecule has 3 aromatic carbocycles. The Hall–Kier alpha value is -3.17. The van der Waals surface area contributed by atoms with E-state index in [1.807, 2.05) is 64.1 Å². The van der Waals surface area contributed by atoms with Gasteiger partial charge < -0.3 is 10.2 Å². The lowest BCUT2D eigenvalue weighted by Crippen LogP contribution is -2.51. The van der Waals surface area contributed by atoms with Crippen molar-refractivity contribution in [3.63, 3.8) is 0 Å². The zero-order valence-electron chi connectivity index (χ0n) is 23.0. The molecule has 9 heteroatoms. The van der Waals surface area contributed by atoms with Gasteiger partial charge in [0.2, 0.25) is 11.8 Å². The summed E-state index contributed by atoms with van der Waals surface area (Å²) in [4.78, 5) is 28.6. The standard InChI is InChI=1S/C30H36BrN3O4S/c1-21(2)18-32-30(36)24(5)33(19-25-12-14-26(31)15-13-25)29(35)20-34(28-16-11-22(3)17-23(28)4)39(37,38)27-9-7-6-8-10-27/h6-17,21,24H,18-20H2,1-5H3,(H,32,36)/t24-/m0/s1. The summed E-state index contributed by atoms with van der Waals surface area (Å²) in [6.07, 6.45) is 0. The maximum absolute atomic E-state index is 14.0. The summed E-state index contributed by atoms with van der Waals surface area (Å²) < 4.78 is 29.8. The fourth-order valence-corrected chi connectivity index (χ4v) is 5.90. The van der Waals surface area contributed by atoms with Gasteiger partial charge in [-0.25, -0.2) is 8.42 Å². The van der Waals surface area contributed by atoms with Crippen LogP contribution in [0.4, 0.5) is 5.69 Å². The average Bonchev–Trinajstić information content (AvgIpc) is 2.90. The minimum absolute atomic E-state index is 0.0833. The molecule has 208 valence electrons. The average molecular weight is 615 g/mol. The third-order valence-electron chi connectivity index (χ3n) is 6.35. The first kappa shape index (κ1) is 30.4. The number of aryl methyl sites for hydroxylation is 2. The van der Waals surface area contributed by atoms with Crippen molar-refractivity contribution in [3.05, 3.63) is 94.0 Å². The molecule has 7 nitrogen and oxygen atoms in total. The van der Waals surface area contributed by atoms with Crippen molar-refractivity contribution in [3.8, 4) is 0 Å². The molecule has 3 aromatic rings. The Kier molecular flexibility index (Phi) is 10.3. The van der Waals surface area contributed by atoms with Crippen molar-refractivity contribution in [2.75, 3.05) is 17.4 Å². The number of nitrogens with zero attached hydrogens (tertiary/aromatic N) is 2. The molecule has 0 spiro atoms. The monoisotopic (exact) mass is 613 g/mol. The molecule has 0 fully saturated rings. The van der Waals surface area contributed by atoms with E-state index in [9.17, 15) is 18.0 Å². The molecule has 0 unspecified atom stereocenters. The molecule has 3 rings (SSSR count). The van der Waals surface area contributed by atoms with Gasteiger partial charge in [-0.05, 0) is 68.1 Å². The van der Waals surface area contributed by atoms with E-state index in [2.05, 4.69) is 21.2 Å². The van der Waals surface area contributed by atoms with Crippen molar-refractivity contribution >= 4 is 43.5 Å². The highest BCUT2D eigenvalue weighted by Crippen LogP contribution is 2.28. The zero-order chi connectivity index (χ0) is 28.7. The second-order valence-electron chi connectivity index (χ2n) is 10.1. The molecule has 0 aliphatic rings. The first-order valence-electron chi connectivity index (χ1n) is 12.9. The third kappa shape index (κ3) is 7.92. The number of carbonyl (C=O) groups is 2. The van der Waals surface area contributed by atoms with Crippen LogP contribution < -0.4 is 9.62 Å². The second kappa shape index (κ2) is 13.3. The van der Waals surface area contributed by atoms with Crippen LogP contribution in [-0.2, 0) is 26.2 Å². The summed E-state index contributed by atoms with van der Waals surface area (Å²) in [5.41, 5.74) is 2.94. The number of halogens is 1. The molecule has 0 saturated heterocycles. The number of benzene rings is 3. The molecule has 2 amide bonds. The van der Waals surface area contributed by atoms with Crippen molar-refractivity contribution in [1.82, 2.24) is 10.2 Å². The number of rotatable bonds is 11. The van der Waals surface area contributed by atoms with Crippen molar-refractivity contribution in [2.24, 2.45) is 5.92 Å². The van der Waals surface area contributed by atoms with E-state index in [0.717, 1.165) is 25.5 Å². The maximum Gasteiger partial charge on any atom is 0.264 e. The summed E-state index contributed by atoms with van der Waals surface area (Å²) in [7, 11) is -4.08. The smallest absolute Gasteiger partial charge is 0.264 e. The lowest BCUT2D eigenvalue weighted by Gasteiger charge is -2.32. The van der Waals surface area contributed by atoms with Crippen LogP contribution in [0.25, 0.3) is 0 Å². The number of sulfonamides is 1. The van der Waals surface area contributed by atoms with Crippen LogP contribution in [0.2, 0.25) is 0 Å². The van der Waals surface area contributed by atoms with E-state index in [-0.39, 0.29) is 23.3 Å². The molecule has 0 bridgehead atoms. The van der Waals surface area contributed by atoms with Crippen LogP contribution in [-0.4, -0.2) is 44.3 Å². The Morgan fingerprint density at radius 3 is 2.15 bits per heavy atom. The highest BCUT2D eigenvalue weighted by atomic mass is 79.9. The normalized spacial score (nSPS) is 12.2. The van der Waals surface area contributed by atoms with E-state index >= 15 is 0 Å². The molecule has 0 heterocycles. The first-order chi connectivity index (χ1) is 18.4. The number of anilines is 1. The molecular formula is C30H36BrN3O4S. The first-order valence-corrected chi connectivity index (χ1v) is 15.1. The molecule has 39 heavy (non-hydrogen) atoms. The SMILES string of the molecule is Cc1ccc(N(CC(=O)N(Cc2ccc(Br)cc2)[C@@H](C)C(=O)NCC(C)C)S(=O)(=O)c2ccccc2)c(C)c1. The Morgan fingerprint density at radius 2 is 1.56 bits per heavy atom. The highest BCUT2D eigenvalue weighted by molar-refractivity contribution is 9.10. The molecule has 1 atom stereocenters. The Labute approximate surface area is 240 Å². The Balaban J connectivity index is 2.03. The van der Waals surface area contributed by atoms with E-state index in [1.54, 1.807) is 31.2 Å². The largest absolute Gasteiger partial charge is 0.354 e. The number of nitrogens with one attached hydrogen (secondary N) is 1. The predicted octanol–water partition coefficient (Wildman–Crippen LogP) is 5.45. The highest BCUT2D eigenvalue weighted by Gasteiger charge is 2.33. The number of hydrogen-bond acceptors (Lipinski definition) is 4. The summed E-state index contributed by atoms with van der Waals surface area (Å²) in [5, 5.41) is 2.90. The summed E-state index contributed by atoms with van der Waals surface area (Å²) in [5.74, 6) is -0.532. The van der Waals surface area contributed by atoms with E-state index in [0.29, 0.717) is 12.2 Å². The van der Waals surface area contributed by atoms with Gasteiger partial charge in [0.1, 0.15) is 12.6 Å².